The summed E-state index contributed by atoms with van der Waals surface area (Å²) in [6.45, 7) is 0. The molecule has 0 spiro atoms. The molecule has 0 fully saturated rings. The van der Waals surface area contributed by atoms with Crippen LogP contribution in [0.5, 0.6) is 0 Å². The number of rotatable bonds is 6. The van der Waals surface area contributed by atoms with Crippen LogP contribution in [0.25, 0.3) is 84.5 Å². The summed E-state index contributed by atoms with van der Waals surface area (Å²) in [5.74, 6) is 0. The van der Waals surface area contributed by atoms with E-state index in [1.165, 1.54) is 90.2 Å². The lowest BCUT2D eigenvalue weighted by Crippen LogP contribution is -2.10. The van der Waals surface area contributed by atoms with Crippen molar-refractivity contribution < 1.29 is 0 Å². The average molecular weight is 736 g/mol. The Kier molecular flexibility index (Phi) is 7.61. The Bertz CT molecular complexity index is 3190. The van der Waals surface area contributed by atoms with Gasteiger partial charge in [0, 0.05) is 51.7 Å². The first kappa shape index (κ1) is 32.0. The van der Waals surface area contributed by atoms with Crippen LogP contribution in [0.2, 0.25) is 0 Å². The van der Waals surface area contributed by atoms with E-state index in [2.05, 4.69) is 205 Å². The molecule has 0 aliphatic carbocycles. The maximum absolute atomic E-state index is 2.47. The molecule has 2 aromatic heterocycles. The van der Waals surface area contributed by atoms with Gasteiger partial charge in [0.15, 0.2) is 0 Å². The molecule has 0 aliphatic heterocycles. The summed E-state index contributed by atoms with van der Waals surface area (Å²) in [6.07, 6.45) is 0. The minimum atomic E-state index is 1.12. The van der Waals surface area contributed by atoms with E-state index in [0.29, 0.717) is 0 Å². The largest absolute Gasteiger partial charge is 0.310 e. The third kappa shape index (κ3) is 5.43. The molecular formula is C52H33NS2. The van der Waals surface area contributed by atoms with E-state index in [1.807, 2.05) is 22.7 Å². The molecule has 0 radical (unpaired) electrons. The Morgan fingerprint density at radius 3 is 1.55 bits per heavy atom. The van der Waals surface area contributed by atoms with Crippen molar-refractivity contribution in [3.8, 4) is 33.4 Å². The smallest absolute Gasteiger partial charge is 0.0555 e. The first-order valence-corrected chi connectivity index (χ1v) is 20.3. The van der Waals surface area contributed by atoms with Crippen molar-refractivity contribution in [1.29, 1.82) is 0 Å². The predicted molar refractivity (Wildman–Crippen MR) is 241 cm³/mol. The molecule has 0 unspecified atom stereocenters. The lowest BCUT2D eigenvalue weighted by atomic mass is 9.91. The first-order valence-electron chi connectivity index (χ1n) is 18.7. The van der Waals surface area contributed by atoms with Gasteiger partial charge in [-0.25, -0.2) is 0 Å². The van der Waals surface area contributed by atoms with Crippen molar-refractivity contribution in [2.75, 3.05) is 4.90 Å². The van der Waals surface area contributed by atoms with E-state index in [1.54, 1.807) is 0 Å². The van der Waals surface area contributed by atoms with Crippen LogP contribution < -0.4 is 4.90 Å². The summed E-state index contributed by atoms with van der Waals surface area (Å²) < 4.78 is 5.20. The van der Waals surface area contributed by atoms with E-state index >= 15 is 0 Å². The summed E-state index contributed by atoms with van der Waals surface area (Å²) in [5, 5.41) is 7.66. The van der Waals surface area contributed by atoms with E-state index < -0.39 is 0 Å². The molecule has 0 aliphatic rings. The summed E-state index contributed by atoms with van der Waals surface area (Å²) >= 11 is 3.75. The Morgan fingerprint density at radius 2 is 0.855 bits per heavy atom. The topological polar surface area (TPSA) is 3.24 Å². The molecule has 9 aromatic carbocycles. The van der Waals surface area contributed by atoms with Crippen molar-refractivity contribution in [3.63, 3.8) is 0 Å². The van der Waals surface area contributed by atoms with E-state index in [9.17, 15) is 0 Å². The van der Waals surface area contributed by atoms with Gasteiger partial charge in [-0.2, -0.15) is 0 Å². The van der Waals surface area contributed by atoms with Crippen LogP contribution in [0.3, 0.4) is 0 Å². The van der Waals surface area contributed by atoms with Gasteiger partial charge in [0.25, 0.3) is 0 Å². The van der Waals surface area contributed by atoms with Crippen molar-refractivity contribution in [1.82, 2.24) is 0 Å². The van der Waals surface area contributed by atoms with Gasteiger partial charge in [0.2, 0.25) is 0 Å². The van der Waals surface area contributed by atoms with Crippen LogP contribution in [0.1, 0.15) is 0 Å². The zero-order valence-corrected chi connectivity index (χ0v) is 31.4. The third-order valence-corrected chi connectivity index (χ3v) is 13.2. The maximum Gasteiger partial charge on any atom is 0.0555 e. The van der Waals surface area contributed by atoms with Gasteiger partial charge in [0.05, 0.1) is 5.69 Å². The molecule has 1 nitrogen and oxygen atoms in total. The minimum Gasteiger partial charge on any atom is -0.310 e. The van der Waals surface area contributed by atoms with Crippen LogP contribution >= 0.6 is 22.7 Å². The second-order valence-corrected chi connectivity index (χ2v) is 16.2. The van der Waals surface area contributed by atoms with Crippen molar-refractivity contribution >= 4 is 90.9 Å². The molecule has 0 saturated heterocycles. The molecule has 3 heteroatoms. The normalized spacial score (nSPS) is 11.6. The van der Waals surface area contributed by atoms with E-state index in [-0.39, 0.29) is 0 Å². The standard InChI is InChI=1S/C52H33NS2/c1-3-13-34(14-4-1)41-29-30-47(51-44-20-10-12-22-49(44)55-52(41)51)53(40-27-28-43-42-19-9-11-21-48(42)54-50(43)33-40)39-25-23-36(24-26-39)46-32-38-18-8-7-17-37(38)31-45(46)35-15-5-2-6-16-35/h1-33H. The van der Waals surface area contributed by atoms with Gasteiger partial charge in [-0.15, -0.1) is 22.7 Å². The Labute approximate surface area is 327 Å². The lowest BCUT2D eigenvalue weighted by molar-refractivity contribution is 1.31. The molecule has 11 aromatic rings. The molecule has 0 N–H and O–H groups in total. The van der Waals surface area contributed by atoms with Gasteiger partial charge in [-0.1, -0.05) is 146 Å². The fraction of sp³-hybridized carbons (Fsp3) is 0. The second kappa shape index (κ2) is 13.1. The highest BCUT2D eigenvalue weighted by Crippen LogP contribution is 2.49. The highest BCUT2D eigenvalue weighted by molar-refractivity contribution is 7.26. The van der Waals surface area contributed by atoms with Crippen LogP contribution in [-0.2, 0) is 0 Å². The SMILES string of the molecule is c1ccc(-c2cc3ccccc3cc2-c2ccc(N(c3ccc4c(c3)sc3ccccc34)c3ccc(-c4ccccc4)c4sc5ccccc5c34)cc2)cc1. The fourth-order valence-corrected chi connectivity index (χ4v) is 10.6. The predicted octanol–water partition coefficient (Wildman–Crippen LogP) is 16.0. The monoisotopic (exact) mass is 735 g/mol. The molecule has 0 saturated carbocycles. The second-order valence-electron chi connectivity index (χ2n) is 14.1. The van der Waals surface area contributed by atoms with Crippen molar-refractivity contribution in [3.05, 3.63) is 200 Å². The van der Waals surface area contributed by atoms with Gasteiger partial charge < -0.3 is 4.90 Å². The number of thiophene rings is 2. The molecule has 0 bridgehead atoms. The molecule has 55 heavy (non-hydrogen) atoms. The average Bonchev–Trinajstić information content (AvgIpc) is 3.83. The quantitative estimate of drug-likeness (QED) is 0.164. The molecule has 0 atom stereocenters. The number of nitrogens with zero attached hydrogens (tertiary/aromatic N) is 1. The molecule has 11 rings (SSSR count). The van der Waals surface area contributed by atoms with Crippen LogP contribution in [0.4, 0.5) is 17.1 Å². The Hall–Kier alpha value is -6.52. The zero-order chi connectivity index (χ0) is 36.3. The molecule has 0 amide bonds. The minimum absolute atomic E-state index is 1.12. The molecule has 258 valence electrons. The summed E-state index contributed by atoms with van der Waals surface area (Å²) in [4.78, 5) is 2.47. The van der Waals surface area contributed by atoms with Crippen molar-refractivity contribution in [2.24, 2.45) is 0 Å². The lowest BCUT2D eigenvalue weighted by Gasteiger charge is -2.27. The number of benzene rings is 9. The Balaban J connectivity index is 1.14. The zero-order valence-electron chi connectivity index (χ0n) is 29.8. The highest BCUT2D eigenvalue weighted by atomic mass is 32.1. The summed E-state index contributed by atoms with van der Waals surface area (Å²) in [7, 11) is 0. The highest BCUT2D eigenvalue weighted by Gasteiger charge is 2.22. The van der Waals surface area contributed by atoms with Gasteiger partial charge in [0.1, 0.15) is 0 Å². The first-order chi connectivity index (χ1) is 27.3. The van der Waals surface area contributed by atoms with Crippen LogP contribution in [-0.4, -0.2) is 0 Å². The van der Waals surface area contributed by atoms with E-state index in [0.717, 1.165) is 11.4 Å². The van der Waals surface area contributed by atoms with Gasteiger partial charge in [-0.3, -0.25) is 0 Å². The number of hydrogen-bond acceptors (Lipinski definition) is 3. The Morgan fingerprint density at radius 1 is 0.327 bits per heavy atom. The van der Waals surface area contributed by atoms with E-state index in [4.69, 9.17) is 0 Å². The maximum atomic E-state index is 2.47. The summed E-state index contributed by atoms with van der Waals surface area (Å²) in [5.41, 5.74) is 10.8. The molecular weight excluding hydrogens is 703 g/mol. The van der Waals surface area contributed by atoms with Crippen LogP contribution in [0, 0.1) is 0 Å². The third-order valence-electron chi connectivity index (χ3n) is 10.9. The summed E-state index contributed by atoms with van der Waals surface area (Å²) in [6, 6.07) is 73.4. The number of anilines is 3. The van der Waals surface area contributed by atoms with Gasteiger partial charge >= 0.3 is 0 Å². The van der Waals surface area contributed by atoms with Crippen LogP contribution in [0.15, 0.2) is 200 Å². The number of hydrogen-bond donors (Lipinski definition) is 0. The molecule has 2 heterocycles. The number of fused-ring (bicyclic) bond motifs is 7. The van der Waals surface area contributed by atoms with Crippen molar-refractivity contribution in [2.45, 2.75) is 0 Å². The fourth-order valence-electron chi connectivity index (χ4n) is 8.25. The van der Waals surface area contributed by atoms with Gasteiger partial charge in [-0.05, 0) is 98.8 Å².